The van der Waals surface area contributed by atoms with Crippen molar-refractivity contribution in [1.29, 1.82) is 5.26 Å². The van der Waals surface area contributed by atoms with Crippen LogP contribution in [0.1, 0.15) is 30.0 Å². The minimum absolute atomic E-state index is 0.454. The van der Waals surface area contributed by atoms with Crippen LogP contribution in [0.15, 0.2) is 18.5 Å². The zero-order valence-corrected chi connectivity index (χ0v) is 8.27. The van der Waals surface area contributed by atoms with E-state index in [1.165, 1.54) is 18.4 Å². The Bertz CT molecular complexity index is 367. The quantitative estimate of drug-likeness (QED) is 0.672. The molecule has 1 aliphatic heterocycles. The molecule has 0 radical (unpaired) electrons. The van der Waals surface area contributed by atoms with Crippen molar-refractivity contribution in [3.8, 4) is 6.07 Å². The fourth-order valence-electron chi connectivity index (χ4n) is 2.03. The molecule has 0 N–H and O–H groups in total. The highest BCUT2D eigenvalue weighted by Gasteiger charge is 2.22. The fraction of sp³-hybridized carbons (Fsp3) is 0.455. The highest BCUT2D eigenvalue weighted by Crippen LogP contribution is 2.29. The van der Waals surface area contributed by atoms with E-state index in [1.807, 2.05) is 12.3 Å². The summed E-state index contributed by atoms with van der Waals surface area (Å²) in [5.74, 6) is 0. The highest BCUT2D eigenvalue weighted by atomic mass is 15.1. The fourth-order valence-corrected chi connectivity index (χ4v) is 2.03. The molecule has 2 heterocycles. The lowest BCUT2D eigenvalue weighted by atomic mass is 10.1. The van der Waals surface area contributed by atoms with Crippen LogP contribution in [0.3, 0.4) is 0 Å². The minimum Gasteiger partial charge on any atom is -0.299 e. The van der Waals surface area contributed by atoms with Gasteiger partial charge < -0.3 is 0 Å². The summed E-state index contributed by atoms with van der Waals surface area (Å²) in [7, 11) is 2.12. The lowest BCUT2D eigenvalue weighted by Crippen LogP contribution is -2.17. The van der Waals surface area contributed by atoms with E-state index in [0.717, 1.165) is 6.54 Å². The molecule has 14 heavy (non-hydrogen) atoms. The van der Waals surface area contributed by atoms with Gasteiger partial charge in [-0.05, 0) is 38.1 Å². The molecule has 1 fully saturated rings. The first-order valence-electron chi connectivity index (χ1n) is 4.86. The number of hydrogen-bond donors (Lipinski definition) is 0. The Morgan fingerprint density at radius 3 is 3.07 bits per heavy atom. The Kier molecular flexibility index (Phi) is 2.47. The third-order valence-electron chi connectivity index (χ3n) is 2.79. The van der Waals surface area contributed by atoms with Crippen LogP contribution in [0.2, 0.25) is 0 Å². The van der Waals surface area contributed by atoms with Crippen molar-refractivity contribution in [1.82, 2.24) is 9.88 Å². The zero-order chi connectivity index (χ0) is 9.97. The Balaban J connectivity index is 2.28. The van der Waals surface area contributed by atoms with Crippen molar-refractivity contribution in [2.75, 3.05) is 13.6 Å². The third kappa shape index (κ3) is 1.61. The number of nitrogens with zero attached hydrogens (tertiary/aromatic N) is 3. The maximum absolute atomic E-state index is 8.77. The van der Waals surface area contributed by atoms with Gasteiger partial charge in [-0.25, -0.2) is 0 Å². The summed E-state index contributed by atoms with van der Waals surface area (Å²) in [5, 5.41) is 8.77. The van der Waals surface area contributed by atoms with Crippen molar-refractivity contribution >= 4 is 0 Å². The summed E-state index contributed by atoms with van der Waals surface area (Å²) >= 11 is 0. The van der Waals surface area contributed by atoms with E-state index in [-0.39, 0.29) is 0 Å². The molecule has 0 aromatic carbocycles. The van der Waals surface area contributed by atoms with Crippen LogP contribution in [0.4, 0.5) is 0 Å². The van der Waals surface area contributed by atoms with Gasteiger partial charge in [0.05, 0.1) is 5.56 Å². The lowest BCUT2D eigenvalue weighted by molar-refractivity contribution is 0.317. The first-order valence-corrected chi connectivity index (χ1v) is 4.86. The Labute approximate surface area is 84.0 Å². The highest BCUT2D eigenvalue weighted by molar-refractivity contribution is 5.30. The number of aromatic nitrogens is 1. The van der Waals surface area contributed by atoms with Gasteiger partial charge in [0.2, 0.25) is 0 Å². The Morgan fingerprint density at radius 2 is 2.43 bits per heavy atom. The van der Waals surface area contributed by atoms with Gasteiger partial charge in [-0.2, -0.15) is 5.26 Å². The maximum atomic E-state index is 8.77. The van der Waals surface area contributed by atoms with Crippen molar-refractivity contribution in [2.24, 2.45) is 0 Å². The lowest BCUT2D eigenvalue weighted by Gasteiger charge is -2.19. The molecule has 0 saturated carbocycles. The monoisotopic (exact) mass is 187 g/mol. The van der Waals surface area contributed by atoms with Gasteiger partial charge in [-0.3, -0.25) is 9.88 Å². The topological polar surface area (TPSA) is 39.9 Å². The average molecular weight is 187 g/mol. The molecule has 0 amide bonds. The minimum atomic E-state index is 0.454. The van der Waals surface area contributed by atoms with Crippen LogP contribution in [0, 0.1) is 11.3 Å². The number of hydrogen-bond acceptors (Lipinski definition) is 3. The summed E-state index contributed by atoms with van der Waals surface area (Å²) in [5.41, 5.74) is 1.83. The molecule has 0 spiro atoms. The van der Waals surface area contributed by atoms with E-state index in [4.69, 9.17) is 5.26 Å². The summed E-state index contributed by atoms with van der Waals surface area (Å²) < 4.78 is 0. The average Bonchev–Trinajstić information content (AvgIpc) is 2.65. The van der Waals surface area contributed by atoms with Crippen LogP contribution >= 0.6 is 0 Å². The van der Waals surface area contributed by atoms with Crippen molar-refractivity contribution in [3.63, 3.8) is 0 Å². The molecule has 1 aliphatic rings. The zero-order valence-electron chi connectivity index (χ0n) is 8.27. The molecule has 1 aromatic rings. The van der Waals surface area contributed by atoms with Crippen LogP contribution in [0.25, 0.3) is 0 Å². The van der Waals surface area contributed by atoms with Gasteiger partial charge in [0.25, 0.3) is 0 Å². The van der Waals surface area contributed by atoms with Gasteiger partial charge in [0.15, 0.2) is 0 Å². The van der Waals surface area contributed by atoms with Crippen molar-refractivity contribution in [3.05, 3.63) is 29.6 Å². The Hall–Kier alpha value is -1.40. The SMILES string of the molecule is CN1CCC[C@H]1c1cncc(C#N)c1. The predicted molar refractivity (Wildman–Crippen MR) is 53.6 cm³/mol. The van der Waals surface area contributed by atoms with Gasteiger partial charge in [0, 0.05) is 18.4 Å². The second kappa shape index (κ2) is 3.77. The molecular weight excluding hydrogens is 174 g/mol. The van der Waals surface area contributed by atoms with Crippen LogP contribution in [-0.2, 0) is 0 Å². The van der Waals surface area contributed by atoms with Gasteiger partial charge in [-0.15, -0.1) is 0 Å². The Morgan fingerprint density at radius 1 is 1.57 bits per heavy atom. The van der Waals surface area contributed by atoms with Crippen LogP contribution in [0.5, 0.6) is 0 Å². The molecule has 3 heteroatoms. The normalized spacial score (nSPS) is 22.1. The second-order valence-corrected chi connectivity index (χ2v) is 3.76. The van der Waals surface area contributed by atoms with Gasteiger partial charge in [-0.1, -0.05) is 0 Å². The molecule has 2 rings (SSSR count). The maximum Gasteiger partial charge on any atom is 0.101 e. The van der Waals surface area contributed by atoms with Gasteiger partial charge in [0.1, 0.15) is 6.07 Å². The second-order valence-electron chi connectivity index (χ2n) is 3.76. The third-order valence-corrected chi connectivity index (χ3v) is 2.79. The number of pyridine rings is 1. The van der Waals surface area contributed by atoms with Crippen LogP contribution in [-0.4, -0.2) is 23.5 Å². The number of rotatable bonds is 1. The molecule has 72 valence electrons. The summed E-state index contributed by atoms with van der Waals surface area (Å²) in [6.45, 7) is 1.14. The molecule has 0 aliphatic carbocycles. The molecular formula is C11H13N3. The summed E-state index contributed by atoms with van der Waals surface area (Å²) in [4.78, 5) is 6.40. The number of nitriles is 1. The van der Waals surface area contributed by atoms with E-state index in [2.05, 4.69) is 23.0 Å². The first-order chi connectivity index (χ1) is 6.81. The predicted octanol–water partition coefficient (Wildman–Crippen LogP) is 1.72. The van der Waals surface area contributed by atoms with E-state index in [9.17, 15) is 0 Å². The van der Waals surface area contributed by atoms with Gasteiger partial charge >= 0.3 is 0 Å². The largest absolute Gasteiger partial charge is 0.299 e. The molecule has 1 aromatic heterocycles. The van der Waals surface area contributed by atoms with Crippen LogP contribution < -0.4 is 0 Å². The summed E-state index contributed by atoms with van der Waals surface area (Å²) in [6.07, 6.45) is 5.89. The van der Waals surface area contributed by atoms with Crippen molar-refractivity contribution < 1.29 is 0 Å². The van der Waals surface area contributed by atoms with E-state index in [1.54, 1.807) is 6.20 Å². The molecule has 0 unspecified atom stereocenters. The summed E-state index contributed by atoms with van der Waals surface area (Å²) in [6, 6.07) is 4.52. The smallest absolute Gasteiger partial charge is 0.101 e. The molecule has 1 saturated heterocycles. The van der Waals surface area contributed by atoms with E-state index in [0.29, 0.717) is 11.6 Å². The molecule has 0 bridgehead atoms. The first kappa shape index (κ1) is 9.17. The van der Waals surface area contributed by atoms with E-state index >= 15 is 0 Å². The van der Waals surface area contributed by atoms with E-state index < -0.39 is 0 Å². The van der Waals surface area contributed by atoms with Crippen molar-refractivity contribution in [2.45, 2.75) is 18.9 Å². The molecule has 1 atom stereocenters. The standard InChI is InChI=1S/C11H13N3/c1-14-4-2-3-11(14)10-5-9(6-12)7-13-8-10/h5,7-8,11H,2-4H2,1H3/t11-/m0/s1. The molecule has 3 nitrogen and oxygen atoms in total. The number of likely N-dealkylation sites (tertiary alicyclic amines) is 1.